The first kappa shape index (κ1) is 14.8. The van der Waals surface area contributed by atoms with Crippen molar-refractivity contribution < 1.29 is 9.47 Å². The third kappa shape index (κ3) is 5.92. The third-order valence-electron chi connectivity index (χ3n) is 2.49. The quantitative estimate of drug-likeness (QED) is 0.648. The molecular weight excluding hydrogens is 226 g/mol. The van der Waals surface area contributed by atoms with E-state index in [2.05, 4.69) is 19.2 Å². The van der Waals surface area contributed by atoms with Crippen LogP contribution in [0.5, 0.6) is 11.5 Å². The van der Waals surface area contributed by atoms with Gasteiger partial charge in [-0.2, -0.15) is 0 Å². The van der Waals surface area contributed by atoms with Gasteiger partial charge in [-0.3, -0.25) is 0 Å². The van der Waals surface area contributed by atoms with Crippen LogP contribution in [-0.2, 0) is 0 Å². The van der Waals surface area contributed by atoms with E-state index < -0.39 is 0 Å². The second-order valence-corrected chi connectivity index (χ2v) is 4.25. The SMILES string of the molecule is CCCNCCCOc1ccccc1OCCC. The van der Waals surface area contributed by atoms with Gasteiger partial charge >= 0.3 is 0 Å². The van der Waals surface area contributed by atoms with Crippen molar-refractivity contribution in [2.24, 2.45) is 0 Å². The van der Waals surface area contributed by atoms with Crippen LogP contribution in [0.2, 0.25) is 0 Å². The summed E-state index contributed by atoms with van der Waals surface area (Å²) in [7, 11) is 0. The summed E-state index contributed by atoms with van der Waals surface area (Å²) in [5, 5.41) is 3.36. The van der Waals surface area contributed by atoms with Crippen LogP contribution in [0.15, 0.2) is 24.3 Å². The van der Waals surface area contributed by atoms with Crippen LogP contribution in [0.1, 0.15) is 33.1 Å². The predicted octanol–water partition coefficient (Wildman–Crippen LogP) is 3.24. The van der Waals surface area contributed by atoms with Crippen LogP contribution < -0.4 is 14.8 Å². The summed E-state index contributed by atoms with van der Waals surface area (Å²) in [5.74, 6) is 1.70. The fraction of sp³-hybridized carbons (Fsp3) is 0.600. The van der Waals surface area contributed by atoms with E-state index in [1.54, 1.807) is 0 Å². The van der Waals surface area contributed by atoms with E-state index >= 15 is 0 Å². The number of para-hydroxylation sites is 2. The maximum atomic E-state index is 5.75. The van der Waals surface area contributed by atoms with Crippen LogP contribution in [0.25, 0.3) is 0 Å². The summed E-state index contributed by atoms with van der Waals surface area (Å²) in [4.78, 5) is 0. The first-order valence-electron chi connectivity index (χ1n) is 6.93. The first-order valence-corrected chi connectivity index (χ1v) is 6.93. The van der Waals surface area contributed by atoms with Crippen LogP contribution in [0.4, 0.5) is 0 Å². The molecule has 1 aromatic rings. The van der Waals surface area contributed by atoms with Gasteiger partial charge in [0, 0.05) is 0 Å². The van der Waals surface area contributed by atoms with Gasteiger partial charge in [-0.05, 0) is 44.5 Å². The lowest BCUT2D eigenvalue weighted by atomic mass is 10.3. The fourth-order valence-electron chi connectivity index (χ4n) is 1.58. The molecule has 0 fully saturated rings. The average Bonchev–Trinajstić information content (AvgIpc) is 2.41. The summed E-state index contributed by atoms with van der Waals surface area (Å²) < 4.78 is 11.4. The number of rotatable bonds is 10. The maximum Gasteiger partial charge on any atom is 0.161 e. The Bertz CT molecular complexity index is 315. The maximum absolute atomic E-state index is 5.75. The van der Waals surface area contributed by atoms with Crippen molar-refractivity contribution in [3.8, 4) is 11.5 Å². The van der Waals surface area contributed by atoms with Gasteiger partial charge in [-0.1, -0.05) is 26.0 Å². The Morgan fingerprint density at radius 1 is 0.889 bits per heavy atom. The van der Waals surface area contributed by atoms with Crippen molar-refractivity contribution in [1.29, 1.82) is 0 Å². The molecule has 3 heteroatoms. The van der Waals surface area contributed by atoms with Crippen molar-refractivity contribution in [2.75, 3.05) is 26.3 Å². The minimum Gasteiger partial charge on any atom is -0.490 e. The van der Waals surface area contributed by atoms with Gasteiger partial charge in [0.05, 0.1) is 13.2 Å². The van der Waals surface area contributed by atoms with E-state index in [1.165, 1.54) is 6.42 Å². The molecule has 0 saturated carbocycles. The smallest absolute Gasteiger partial charge is 0.161 e. The Hall–Kier alpha value is -1.22. The lowest BCUT2D eigenvalue weighted by Gasteiger charge is -2.12. The van der Waals surface area contributed by atoms with E-state index in [0.29, 0.717) is 0 Å². The highest BCUT2D eigenvalue weighted by Gasteiger charge is 2.03. The van der Waals surface area contributed by atoms with Gasteiger partial charge in [-0.15, -0.1) is 0 Å². The molecule has 18 heavy (non-hydrogen) atoms. The van der Waals surface area contributed by atoms with Gasteiger partial charge in [-0.25, -0.2) is 0 Å². The monoisotopic (exact) mass is 251 g/mol. The molecular formula is C15H25NO2. The molecule has 1 aromatic carbocycles. The number of hydrogen-bond donors (Lipinski definition) is 1. The van der Waals surface area contributed by atoms with E-state index in [0.717, 1.165) is 50.6 Å². The predicted molar refractivity (Wildman–Crippen MR) is 75.5 cm³/mol. The Morgan fingerprint density at radius 2 is 1.56 bits per heavy atom. The van der Waals surface area contributed by atoms with E-state index in [1.807, 2.05) is 24.3 Å². The molecule has 0 aromatic heterocycles. The Morgan fingerprint density at radius 3 is 2.17 bits per heavy atom. The first-order chi connectivity index (χ1) is 8.88. The molecule has 0 bridgehead atoms. The highest BCUT2D eigenvalue weighted by atomic mass is 16.5. The number of nitrogens with one attached hydrogen (secondary N) is 1. The zero-order chi connectivity index (χ0) is 13.1. The van der Waals surface area contributed by atoms with Gasteiger partial charge in [0.2, 0.25) is 0 Å². The summed E-state index contributed by atoms with van der Waals surface area (Å²) >= 11 is 0. The molecule has 0 spiro atoms. The second-order valence-electron chi connectivity index (χ2n) is 4.25. The van der Waals surface area contributed by atoms with Crippen molar-refractivity contribution in [2.45, 2.75) is 33.1 Å². The summed E-state index contributed by atoms with van der Waals surface area (Å²) in [5.41, 5.74) is 0. The molecule has 0 radical (unpaired) electrons. The molecule has 0 atom stereocenters. The molecule has 0 unspecified atom stereocenters. The highest BCUT2D eigenvalue weighted by Crippen LogP contribution is 2.26. The van der Waals surface area contributed by atoms with Gasteiger partial charge < -0.3 is 14.8 Å². The molecule has 3 nitrogen and oxygen atoms in total. The fourth-order valence-corrected chi connectivity index (χ4v) is 1.58. The van der Waals surface area contributed by atoms with Crippen LogP contribution in [0.3, 0.4) is 0 Å². The molecule has 0 aliphatic carbocycles. The van der Waals surface area contributed by atoms with Crippen molar-refractivity contribution in [1.82, 2.24) is 5.32 Å². The normalized spacial score (nSPS) is 10.3. The second kappa shape index (κ2) is 9.77. The Labute approximate surface area is 110 Å². The largest absolute Gasteiger partial charge is 0.490 e. The summed E-state index contributed by atoms with van der Waals surface area (Å²) in [6.45, 7) is 7.82. The molecule has 0 amide bonds. The lowest BCUT2D eigenvalue weighted by Crippen LogP contribution is -2.18. The van der Waals surface area contributed by atoms with Gasteiger partial charge in [0.1, 0.15) is 0 Å². The molecule has 102 valence electrons. The molecule has 1 rings (SSSR count). The van der Waals surface area contributed by atoms with Crippen molar-refractivity contribution in [3.05, 3.63) is 24.3 Å². The Kier molecular flexibility index (Phi) is 8.06. The highest BCUT2D eigenvalue weighted by molar-refractivity contribution is 5.39. The van der Waals surface area contributed by atoms with E-state index in [4.69, 9.17) is 9.47 Å². The average molecular weight is 251 g/mol. The van der Waals surface area contributed by atoms with Crippen LogP contribution in [0, 0.1) is 0 Å². The minimum atomic E-state index is 0.725. The molecule has 0 aliphatic rings. The number of benzene rings is 1. The van der Waals surface area contributed by atoms with Crippen molar-refractivity contribution in [3.63, 3.8) is 0 Å². The van der Waals surface area contributed by atoms with E-state index in [-0.39, 0.29) is 0 Å². The summed E-state index contributed by atoms with van der Waals surface area (Å²) in [6, 6.07) is 7.87. The van der Waals surface area contributed by atoms with Gasteiger partial charge in [0.15, 0.2) is 11.5 Å². The van der Waals surface area contributed by atoms with Crippen LogP contribution >= 0.6 is 0 Å². The number of hydrogen-bond acceptors (Lipinski definition) is 3. The van der Waals surface area contributed by atoms with Crippen LogP contribution in [-0.4, -0.2) is 26.3 Å². The standard InChI is InChI=1S/C15H25NO2/c1-3-10-16-11-7-13-18-15-9-6-5-8-14(15)17-12-4-2/h5-6,8-9,16H,3-4,7,10-13H2,1-2H3. The van der Waals surface area contributed by atoms with E-state index in [9.17, 15) is 0 Å². The lowest BCUT2D eigenvalue weighted by molar-refractivity contribution is 0.265. The topological polar surface area (TPSA) is 30.5 Å². The molecule has 0 saturated heterocycles. The zero-order valence-corrected chi connectivity index (χ0v) is 11.6. The van der Waals surface area contributed by atoms with Crippen molar-refractivity contribution >= 4 is 0 Å². The number of ether oxygens (including phenoxy) is 2. The minimum absolute atomic E-state index is 0.725. The molecule has 1 N–H and O–H groups in total. The van der Waals surface area contributed by atoms with Gasteiger partial charge in [0.25, 0.3) is 0 Å². The third-order valence-corrected chi connectivity index (χ3v) is 2.49. The zero-order valence-electron chi connectivity index (χ0n) is 11.6. The summed E-state index contributed by atoms with van der Waals surface area (Å²) in [6.07, 6.45) is 3.20. The molecule has 0 heterocycles. The Balaban J connectivity index is 2.27. The molecule has 0 aliphatic heterocycles.